The number of amides is 1. The molecule has 0 aliphatic heterocycles. The third kappa shape index (κ3) is 3.31. The Bertz CT molecular complexity index is 1150. The number of aryl methyl sites for hydroxylation is 1. The minimum absolute atomic E-state index is 0.115. The van der Waals surface area contributed by atoms with E-state index in [1.165, 1.54) is 12.8 Å². The van der Waals surface area contributed by atoms with Gasteiger partial charge in [-0.3, -0.25) is 14.2 Å². The zero-order valence-electron chi connectivity index (χ0n) is 15.6. The number of aromatic nitrogens is 4. The topological polar surface area (TPSA) is 77.9 Å². The standard InChI is InChI=1S/C21H21N5O2/c1-14-6-9-19(28-14)16-10-22-25(12-16)13-20(27)23-21-17-4-2-3-5-18(17)26(24-21)11-15-7-8-15/h2-6,9-10,12,15H,7-8,11,13H2,1H3,(H,23,24,27). The number of para-hydroxylation sites is 1. The molecule has 1 saturated carbocycles. The molecule has 0 unspecified atom stereocenters. The molecule has 1 N–H and O–H groups in total. The van der Waals surface area contributed by atoms with Gasteiger partial charge in [0, 0.05) is 18.1 Å². The number of hydrogen-bond donors (Lipinski definition) is 1. The van der Waals surface area contributed by atoms with Gasteiger partial charge in [-0.25, -0.2) is 0 Å². The number of carbonyl (C=O) groups is 1. The Morgan fingerprint density at radius 2 is 2.11 bits per heavy atom. The number of anilines is 1. The van der Waals surface area contributed by atoms with Gasteiger partial charge in [-0.2, -0.15) is 10.2 Å². The summed E-state index contributed by atoms with van der Waals surface area (Å²) >= 11 is 0. The lowest BCUT2D eigenvalue weighted by atomic mass is 10.2. The number of furan rings is 1. The molecule has 3 heterocycles. The normalized spacial score (nSPS) is 13.9. The maximum absolute atomic E-state index is 12.6. The number of rotatable bonds is 6. The number of hydrogen-bond acceptors (Lipinski definition) is 4. The molecule has 4 aromatic rings. The SMILES string of the molecule is Cc1ccc(-c2cnn(CC(=O)Nc3nn(CC4CC4)c4ccccc34)c2)o1. The van der Waals surface area contributed by atoms with Crippen LogP contribution >= 0.6 is 0 Å². The second-order valence-corrected chi connectivity index (χ2v) is 7.38. The first-order valence-electron chi connectivity index (χ1n) is 9.50. The van der Waals surface area contributed by atoms with Crippen LogP contribution in [-0.2, 0) is 17.9 Å². The van der Waals surface area contributed by atoms with Gasteiger partial charge in [-0.1, -0.05) is 12.1 Å². The summed E-state index contributed by atoms with van der Waals surface area (Å²) in [5.74, 6) is 2.74. The van der Waals surface area contributed by atoms with Gasteiger partial charge in [0.2, 0.25) is 5.91 Å². The first-order valence-corrected chi connectivity index (χ1v) is 9.50. The fraction of sp³-hybridized carbons (Fsp3) is 0.286. The molecule has 1 aliphatic rings. The minimum atomic E-state index is -0.160. The van der Waals surface area contributed by atoms with Crippen LogP contribution in [0.2, 0.25) is 0 Å². The van der Waals surface area contributed by atoms with Crippen molar-refractivity contribution in [3.63, 3.8) is 0 Å². The lowest BCUT2D eigenvalue weighted by molar-refractivity contribution is -0.116. The van der Waals surface area contributed by atoms with Crippen LogP contribution in [0.25, 0.3) is 22.2 Å². The van der Waals surface area contributed by atoms with Gasteiger partial charge < -0.3 is 9.73 Å². The molecule has 0 bridgehead atoms. The predicted molar refractivity (Wildman–Crippen MR) is 106 cm³/mol. The Morgan fingerprint density at radius 3 is 2.89 bits per heavy atom. The van der Waals surface area contributed by atoms with Crippen molar-refractivity contribution in [1.82, 2.24) is 19.6 Å². The number of nitrogens with zero attached hydrogens (tertiary/aromatic N) is 4. The smallest absolute Gasteiger partial charge is 0.247 e. The fourth-order valence-electron chi connectivity index (χ4n) is 3.39. The van der Waals surface area contributed by atoms with Crippen LogP contribution in [0.15, 0.2) is 53.2 Å². The van der Waals surface area contributed by atoms with Crippen molar-refractivity contribution in [2.45, 2.75) is 32.9 Å². The van der Waals surface area contributed by atoms with Gasteiger partial charge in [0.25, 0.3) is 0 Å². The van der Waals surface area contributed by atoms with Crippen LogP contribution < -0.4 is 5.32 Å². The number of fused-ring (bicyclic) bond motifs is 1. The Kier molecular flexibility index (Phi) is 4.00. The van der Waals surface area contributed by atoms with Crippen LogP contribution in [0.1, 0.15) is 18.6 Å². The average molecular weight is 375 g/mol. The second kappa shape index (κ2) is 6.67. The Morgan fingerprint density at radius 1 is 1.25 bits per heavy atom. The maximum Gasteiger partial charge on any atom is 0.247 e. The molecule has 5 rings (SSSR count). The molecule has 0 radical (unpaired) electrons. The first-order chi connectivity index (χ1) is 13.7. The van der Waals surface area contributed by atoms with E-state index in [1.807, 2.05) is 54.2 Å². The average Bonchev–Trinajstić information content (AvgIpc) is 3.06. The van der Waals surface area contributed by atoms with Gasteiger partial charge >= 0.3 is 0 Å². The molecule has 142 valence electrons. The molecule has 1 aromatic carbocycles. The molecule has 1 fully saturated rings. The van der Waals surface area contributed by atoms with Crippen molar-refractivity contribution < 1.29 is 9.21 Å². The van der Waals surface area contributed by atoms with E-state index in [2.05, 4.69) is 15.5 Å². The molecule has 7 heteroatoms. The first kappa shape index (κ1) is 16.8. The van der Waals surface area contributed by atoms with E-state index >= 15 is 0 Å². The van der Waals surface area contributed by atoms with Crippen molar-refractivity contribution in [1.29, 1.82) is 0 Å². The lowest BCUT2D eigenvalue weighted by Crippen LogP contribution is -2.19. The van der Waals surface area contributed by atoms with E-state index in [0.717, 1.165) is 34.5 Å². The molecule has 3 aromatic heterocycles. The van der Waals surface area contributed by atoms with E-state index in [4.69, 9.17) is 4.42 Å². The van der Waals surface area contributed by atoms with Crippen LogP contribution in [0.3, 0.4) is 0 Å². The van der Waals surface area contributed by atoms with Gasteiger partial charge in [0.1, 0.15) is 18.1 Å². The number of benzene rings is 1. The van der Waals surface area contributed by atoms with Gasteiger partial charge in [-0.05, 0) is 49.9 Å². The Labute approximate surface area is 161 Å². The second-order valence-electron chi connectivity index (χ2n) is 7.38. The summed E-state index contributed by atoms with van der Waals surface area (Å²) in [5, 5.41) is 12.8. The molecule has 0 saturated heterocycles. The molecule has 7 nitrogen and oxygen atoms in total. The van der Waals surface area contributed by atoms with Crippen LogP contribution in [0.5, 0.6) is 0 Å². The fourth-order valence-corrected chi connectivity index (χ4v) is 3.39. The van der Waals surface area contributed by atoms with E-state index in [0.29, 0.717) is 11.7 Å². The summed E-state index contributed by atoms with van der Waals surface area (Å²) in [6.45, 7) is 2.92. The number of carbonyl (C=O) groups excluding carboxylic acids is 1. The molecule has 0 spiro atoms. The number of nitrogens with one attached hydrogen (secondary N) is 1. The minimum Gasteiger partial charge on any atom is -0.461 e. The van der Waals surface area contributed by atoms with Crippen molar-refractivity contribution in [3.05, 3.63) is 54.6 Å². The lowest BCUT2D eigenvalue weighted by Gasteiger charge is -2.03. The van der Waals surface area contributed by atoms with Crippen LogP contribution in [-0.4, -0.2) is 25.5 Å². The van der Waals surface area contributed by atoms with E-state index in [9.17, 15) is 4.79 Å². The summed E-state index contributed by atoms with van der Waals surface area (Å²) in [4.78, 5) is 12.6. The summed E-state index contributed by atoms with van der Waals surface area (Å²) in [5.41, 5.74) is 1.90. The monoisotopic (exact) mass is 375 g/mol. The molecule has 28 heavy (non-hydrogen) atoms. The Balaban J connectivity index is 1.32. The van der Waals surface area contributed by atoms with Crippen LogP contribution in [0.4, 0.5) is 5.82 Å². The van der Waals surface area contributed by atoms with Crippen molar-refractivity contribution in [2.75, 3.05) is 5.32 Å². The van der Waals surface area contributed by atoms with E-state index in [-0.39, 0.29) is 12.5 Å². The van der Waals surface area contributed by atoms with E-state index < -0.39 is 0 Å². The summed E-state index contributed by atoms with van der Waals surface area (Å²) in [6.07, 6.45) is 6.02. The molecular formula is C21H21N5O2. The Hall–Kier alpha value is -3.35. The summed E-state index contributed by atoms with van der Waals surface area (Å²) in [7, 11) is 0. The predicted octanol–water partition coefficient (Wildman–Crippen LogP) is 3.85. The van der Waals surface area contributed by atoms with Gasteiger partial charge in [-0.15, -0.1) is 0 Å². The largest absolute Gasteiger partial charge is 0.461 e. The summed E-state index contributed by atoms with van der Waals surface area (Å²) < 4.78 is 9.22. The third-order valence-corrected chi connectivity index (χ3v) is 5.01. The zero-order valence-corrected chi connectivity index (χ0v) is 15.6. The molecular weight excluding hydrogens is 354 g/mol. The highest BCUT2D eigenvalue weighted by Crippen LogP contribution is 2.32. The van der Waals surface area contributed by atoms with Gasteiger partial charge in [0.15, 0.2) is 5.82 Å². The third-order valence-electron chi connectivity index (χ3n) is 5.01. The zero-order chi connectivity index (χ0) is 19.1. The molecule has 1 aliphatic carbocycles. The highest BCUT2D eigenvalue weighted by Gasteiger charge is 2.24. The van der Waals surface area contributed by atoms with Crippen molar-refractivity contribution >= 4 is 22.6 Å². The van der Waals surface area contributed by atoms with Gasteiger partial charge in [0.05, 0.1) is 17.3 Å². The van der Waals surface area contributed by atoms with Crippen molar-refractivity contribution in [2.24, 2.45) is 5.92 Å². The van der Waals surface area contributed by atoms with E-state index in [1.54, 1.807) is 10.9 Å². The van der Waals surface area contributed by atoms with Crippen molar-refractivity contribution in [3.8, 4) is 11.3 Å². The highest BCUT2D eigenvalue weighted by atomic mass is 16.3. The highest BCUT2D eigenvalue weighted by molar-refractivity contribution is 5.99. The van der Waals surface area contributed by atoms with Crippen LogP contribution in [0, 0.1) is 12.8 Å². The summed E-state index contributed by atoms with van der Waals surface area (Å²) in [6, 6.07) is 11.8. The quantitative estimate of drug-likeness (QED) is 0.555. The molecule has 0 atom stereocenters. The molecule has 1 amide bonds. The maximum atomic E-state index is 12.6.